The maximum Gasteiger partial charge on any atom is 0.221 e. The van der Waals surface area contributed by atoms with Gasteiger partial charge in [-0.15, -0.1) is 0 Å². The maximum atomic E-state index is 12.5. The second-order valence-electron chi connectivity index (χ2n) is 5.05. The van der Waals surface area contributed by atoms with Crippen LogP contribution in [0.2, 0.25) is 0 Å². The van der Waals surface area contributed by atoms with E-state index in [-0.39, 0.29) is 10.7 Å². The summed E-state index contributed by atoms with van der Waals surface area (Å²) in [6.45, 7) is 1.84. The molecule has 0 fully saturated rings. The van der Waals surface area contributed by atoms with Crippen LogP contribution in [0, 0.1) is 18.3 Å². The number of furan rings is 1. The molecule has 3 aromatic rings. The average molecular weight is 359 g/mol. The van der Waals surface area contributed by atoms with Gasteiger partial charge in [-0.25, -0.2) is 8.42 Å². The summed E-state index contributed by atoms with van der Waals surface area (Å²) < 4.78 is 30.4. The lowest BCUT2D eigenvalue weighted by Crippen LogP contribution is -2.17. The fourth-order valence-corrected chi connectivity index (χ4v) is 4.47. The van der Waals surface area contributed by atoms with Gasteiger partial charge in [0, 0.05) is 16.5 Å². The Morgan fingerprint density at radius 1 is 1.33 bits per heavy atom. The third kappa shape index (κ3) is 2.87. The SMILES string of the molecule is Cc1cc2cc(N/C(N)=C(\C#N)S(=O)(=O)c3ccsc3)ccc2o1. The number of benzene rings is 1. The fourth-order valence-electron chi connectivity index (χ4n) is 2.25. The highest BCUT2D eigenvalue weighted by Crippen LogP contribution is 2.25. The Balaban J connectivity index is 1.99. The smallest absolute Gasteiger partial charge is 0.221 e. The molecule has 0 radical (unpaired) electrons. The van der Waals surface area contributed by atoms with Crippen LogP contribution in [0.3, 0.4) is 0 Å². The Kier molecular flexibility index (Phi) is 4.05. The van der Waals surface area contributed by atoms with E-state index in [0.29, 0.717) is 11.3 Å². The maximum absolute atomic E-state index is 12.5. The number of sulfone groups is 1. The molecule has 1 aromatic carbocycles. The Morgan fingerprint density at radius 3 is 2.79 bits per heavy atom. The minimum absolute atomic E-state index is 0.0507. The highest BCUT2D eigenvalue weighted by molar-refractivity contribution is 7.95. The predicted octanol–water partition coefficient (Wildman–Crippen LogP) is 3.34. The number of nitrogens with zero attached hydrogens (tertiary/aromatic N) is 1. The molecule has 0 aliphatic carbocycles. The molecule has 0 atom stereocenters. The number of aryl methyl sites for hydroxylation is 1. The van der Waals surface area contributed by atoms with E-state index in [9.17, 15) is 13.7 Å². The third-order valence-corrected chi connectivity index (χ3v) is 5.89. The third-order valence-electron chi connectivity index (χ3n) is 3.34. The first-order valence-corrected chi connectivity index (χ1v) is 9.29. The van der Waals surface area contributed by atoms with E-state index in [1.54, 1.807) is 29.6 Å². The zero-order chi connectivity index (χ0) is 17.3. The van der Waals surface area contributed by atoms with E-state index in [1.165, 1.54) is 22.8 Å². The molecule has 24 heavy (non-hydrogen) atoms. The molecule has 0 aliphatic heterocycles. The molecule has 8 heteroatoms. The summed E-state index contributed by atoms with van der Waals surface area (Å²) in [5, 5.41) is 16.0. The molecule has 6 nitrogen and oxygen atoms in total. The number of fused-ring (bicyclic) bond motifs is 1. The highest BCUT2D eigenvalue weighted by atomic mass is 32.2. The summed E-state index contributed by atoms with van der Waals surface area (Å²) in [6.07, 6.45) is 0. The topological polar surface area (TPSA) is 109 Å². The van der Waals surface area contributed by atoms with E-state index in [4.69, 9.17) is 10.2 Å². The molecule has 3 N–H and O–H groups in total. The van der Waals surface area contributed by atoms with Gasteiger partial charge in [0.2, 0.25) is 9.84 Å². The number of hydrogen-bond donors (Lipinski definition) is 2. The van der Waals surface area contributed by atoms with E-state index in [0.717, 1.165) is 11.1 Å². The van der Waals surface area contributed by atoms with E-state index in [1.807, 2.05) is 13.0 Å². The van der Waals surface area contributed by atoms with Crippen molar-refractivity contribution in [2.24, 2.45) is 5.73 Å². The van der Waals surface area contributed by atoms with Crippen LogP contribution in [0.5, 0.6) is 0 Å². The van der Waals surface area contributed by atoms with Crippen LogP contribution in [0.15, 0.2) is 61.1 Å². The molecule has 2 aromatic heterocycles. The van der Waals surface area contributed by atoms with Crippen LogP contribution in [0.25, 0.3) is 11.0 Å². The zero-order valence-electron chi connectivity index (χ0n) is 12.6. The van der Waals surface area contributed by atoms with Gasteiger partial charge in [0.25, 0.3) is 0 Å². The largest absolute Gasteiger partial charge is 0.461 e. The van der Waals surface area contributed by atoms with Gasteiger partial charge in [-0.05, 0) is 42.6 Å². The minimum Gasteiger partial charge on any atom is -0.461 e. The lowest BCUT2D eigenvalue weighted by molar-refractivity contribution is 0.578. The van der Waals surface area contributed by atoms with Gasteiger partial charge in [-0.2, -0.15) is 16.6 Å². The van der Waals surface area contributed by atoms with Gasteiger partial charge in [0.05, 0.1) is 4.90 Å². The number of anilines is 1. The van der Waals surface area contributed by atoms with Crippen LogP contribution in [0.1, 0.15) is 5.76 Å². The van der Waals surface area contributed by atoms with Crippen LogP contribution in [-0.4, -0.2) is 8.42 Å². The Hall–Kier alpha value is -2.76. The molecule has 0 spiro atoms. The Labute approximate surface area is 142 Å². The first kappa shape index (κ1) is 16.1. The summed E-state index contributed by atoms with van der Waals surface area (Å²) >= 11 is 1.23. The summed E-state index contributed by atoms with van der Waals surface area (Å²) in [5.41, 5.74) is 7.13. The minimum atomic E-state index is -3.94. The Bertz CT molecular complexity index is 1070. The first-order chi connectivity index (χ1) is 11.4. The lowest BCUT2D eigenvalue weighted by atomic mass is 10.2. The zero-order valence-corrected chi connectivity index (χ0v) is 14.2. The lowest BCUT2D eigenvalue weighted by Gasteiger charge is -2.09. The molecule has 0 aliphatic rings. The van der Waals surface area contributed by atoms with Crippen molar-refractivity contribution in [3.8, 4) is 6.07 Å². The van der Waals surface area contributed by atoms with Crippen LogP contribution < -0.4 is 11.1 Å². The predicted molar refractivity (Wildman–Crippen MR) is 92.9 cm³/mol. The monoisotopic (exact) mass is 359 g/mol. The normalized spacial score (nSPS) is 12.7. The van der Waals surface area contributed by atoms with Crippen molar-refractivity contribution in [3.05, 3.63) is 57.6 Å². The van der Waals surface area contributed by atoms with Crippen LogP contribution in [-0.2, 0) is 9.84 Å². The molecule has 0 saturated heterocycles. The van der Waals surface area contributed by atoms with Gasteiger partial charge < -0.3 is 15.5 Å². The molecule has 0 bridgehead atoms. The summed E-state index contributed by atoms with van der Waals surface area (Å²) in [7, 11) is -3.94. The Morgan fingerprint density at radius 2 is 2.12 bits per heavy atom. The molecule has 3 rings (SSSR count). The van der Waals surface area contributed by atoms with Crippen LogP contribution >= 0.6 is 11.3 Å². The first-order valence-electron chi connectivity index (χ1n) is 6.86. The summed E-state index contributed by atoms with van der Waals surface area (Å²) in [6, 6.07) is 10.2. The summed E-state index contributed by atoms with van der Waals surface area (Å²) in [5.74, 6) is 0.548. The molecule has 0 amide bonds. The molecular weight excluding hydrogens is 346 g/mol. The molecule has 2 heterocycles. The molecular formula is C16H13N3O3S2. The molecule has 0 unspecified atom stereocenters. The van der Waals surface area contributed by atoms with Gasteiger partial charge >= 0.3 is 0 Å². The van der Waals surface area contributed by atoms with E-state index < -0.39 is 14.7 Å². The fraction of sp³-hybridized carbons (Fsp3) is 0.0625. The van der Waals surface area contributed by atoms with Crippen molar-refractivity contribution in [2.75, 3.05) is 5.32 Å². The van der Waals surface area contributed by atoms with Crippen molar-refractivity contribution in [2.45, 2.75) is 11.8 Å². The van der Waals surface area contributed by atoms with Crippen molar-refractivity contribution >= 4 is 37.8 Å². The van der Waals surface area contributed by atoms with Gasteiger partial charge in [-0.1, -0.05) is 0 Å². The number of nitrogens with two attached hydrogens (primary N) is 1. The van der Waals surface area contributed by atoms with Crippen LogP contribution in [0.4, 0.5) is 5.69 Å². The van der Waals surface area contributed by atoms with Crippen molar-refractivity contribution < 1.29 is 12.8 Å². The van der Waals surface area contributed by atoms with Crippen molar-refractivity contribution in [3.63, 3.8) is 0 Å². The quantitative estimate of drug-likeness (QED) is 0.692. The van der Waals surface area contributed by atoms with E-state index >= 15 is 0 Å². The summed E-state index contributed by atoms with van der Waals surface area (Å²) in [4.78, 5) is -0.459. The average Bonchev–Trinajstić information content (AvgIpc) is 3.15. The number of allylic oxidation sites excluding steroid dienone is 1. The van der Waals surface area contributed by atoms with Gasteiger partial charge in [0.15, 0.2) is 4.91 Å². The number of nitriles is 1. The van der Waals surface area contributed by atoms with Crippen molar-refractivity contribution in [1.29, 1.82) is 5.26 Å². The molecule has 0 saturated carbocycles. The molecule has 122 valence electrons. The number of hydrogen-bond acceptors (Lipinski definition) is 7. The van der Waals surface area contributed by atoms with Gasteiger partial charge in [-0.3, -0.25) is 0 Å². The second-order valence-corrected chi connectivity index (χ2v) is 7.72. The van der Waals surface area contributed by atoms with E-state index in [2.05, 4.69) is 5.32 Å². The number of thiophene rings is 1. The standard InChI is InChI=1S/C16H13N3O3S2/c1-10-6-11-7-12(2-3-14(11)22-10)19-16(18)15(8-17)24(20,21)13-4-5-23-9-13/h2-7,9,19H,18H2,1H3/b16-15+. The number of nitrogens with one attached hydrogen (secondary N) is 1. The second kappa shape index (κ2) is 6.03. The highest BCUT2D eigenvalue weighted by Gasteiger charge is 2.24. The number of rotatable bonds is 4. The van der Waals surface area contributed by atoms with Crippen molar-refractivity contribution in [1.82, 2.24) is 0 Å². The van der Waals surface area contributed by atoms with Gasteiger partial charge in [0.1, 0.15) is 23.2 Å².